The van der Waals surface area contributed by atoms with Crippen LogP contribution in [0.3, 0.4) is 0 Å². The third-order valence-electron chi connectivity index (χ3n) is 10.4. The molecule has 0 aromatic heterocycles. The van der Waals surface area contributed by atoms with Crippen molar-refractivity contribution in [3.63, 3.8) is 0 Å². The fourth-order valence-corrected chi connectivity index (χ4v) is 7.69. The van der Waals surface area contributed by atoms with E-state index in [0.29, 0.717) is 29.4 Å². The number of likely N-dealkylation sites (tertiary alicyclic amines) is 1. The first-order valence-electron chi connectivity index (χ1n) is 17.0. The van der Waals surface area contributed by atoms with Crippen molar-refractivity contribution in [1.82, 2.24) is 15.5 Å². The van der Waals surface area contributed by atoms with Crippen LogP contribution in [0.2, 0.25) is 5.02 Å². The lowest BCUT2D eigenvalue weighted by Gasteiger charge is -2.37. The van der Waals surface area contributed by atoms with Gasteiger partial charge in [-0.2, -0.15) is 0 Å². The fourth-order valence-electron chi connectivity index (χ4n) is 7.53. The van der Waals surface area contributed by atoms with E-state index in [0.717, 1.165) is 100 Å². The van der Waals surface area contributed by atoms with Gasteiger partial charge in [0, 0.05) is 76.0 Å². The maximum atomic E-state index is 13.8. The summed E-state index contributed by atoms with van der Waals surface area (Å²) >= 11 is 6.55. The standard InChI is InChI=1S/C36H51ClN4O3.2ClH/c1-36(2,3)27-7-4-25(5-8-27)31-22-26(6-11-33(31)44-30-12-15-39-24-30)35(42)41-18-13-29(14-19-41)43-34-23-28(9-10-32(34)37)40-20-16-38-17-21-40;;/h6,9-11,22-23,25,27,29-30,38-39H,4-5,7-8,12-21,24H2,1-3H3;2*1H/t25?,27?,30-;;/m0../s1. The Morgan fingerprint density at radius 1 is 0.783 bits per heavy atom. The zero-order valence-corrected chi connectivity index (χ0v) is 30.1. The highest BCUT2D eigenvalue weighted by atomic mass is 35.5. The Hall–Kier alpha value is -1.90. The molecule has 2 N–H and O–H groups in total. The number of carbonyl (C=O) groups excluding carboxylic acids is 1. The summed E-state index contributed by atoms with van der Waals surface area (Å²) in [5.41, 5.74) is 3.50. The van der Waals surface area contributed by atoms with Crippen molar-refractivity contribution in [2.75, 3.05) is 57.3 Å². The topological polar surface area (TPSA) is 66.1 Å². The highest BCUT2D eigenvalue weighted by Gasteiger charge is 2.33. The summed E-state index contributed by atoms with van der Waals surface area (Å²) in [4.78, 5) is 18.2. The van der Waals surface area contributed by atoms with Crippen LogP contribution in [-0.4, -0.2) is 75.4 Å². The van der Waals surface area contributed by atoms with Crippen molar-refractivity contribution in [2.24, 2.45) is 11.3 Å². The minimum atomic E-state index is 0. The van der Waals surface area contributed by atoms with Gasteiger partial charge in [0.1, 0.15) is 23.7 Å². The van der Waals surface area contributed by atoms with Crippen LogP contribution in [0, 0.1) is 11.3 Å². The monoisotopic (exact) mass is 694 g/mol. The van der Waals surface area contributed by atoms with Gasteiger partial charge in [0.15, 0.2) is 0 Å². The first-order valence-corrected chi connectivity index (χ1v) is 17.3. The zero-order chi connectivity index (χ0) is 30.7. The third kappa shape index (κ3) is 8.96. The predicted octanol–water partition coefficient (Wildman–Crippen LogP) is 7.34. The molecule has 1 saturated carbocycles. The minimum absolute atomic E-state index is 0. The van der Waals surface area contributed by atoms with Crippen LogP contribution in [0.15, 0.2) is 36.4 Å². The van der Waals surface area contributed by atoms with Gasteiger partial charge in [-0.3, -0.25) is 4.79 Å². The highest BCUT2D eigenvalue weighted by Crippen LogP contribution is 2.45. The van der Waals surface area contributed by atoms with Crippen molar-refractivity contribution in [3.8, 4) is 11.5 Å². The van der Waals surface area contributed by atoms with E-state index in [-0.39, 0.29) is 42.9 Å². The normalized spacial score (nSPS) is 24.1. The second kappa shape index (κ2) is 16.5. The Morgan fingerprint density at radius 3 is 2.13 bits per heavy atom. The maximum absolute atomic E-state index is 13.8. The number of ether oxygens (including phenoxy) is 2. The van der Waals surface area contributed by atoms with Gasteiger partial charge in [-0.05, 0) is 91.8 Å². The van der Waals surface area contributed by atoms with E-state index in [1.165, 1.54) is 18.4 Å². The molecule has 1 amide bonds. The molecule has 0 bridgehead atoms. The smallest absolute Gasteiger partial charge is 0.253 e. The van der Waals surface area contributed by atoms with E-state index < -0.39 is 0 Å². The van der Waals surface area contributed by atoms with E-state index in [9.17, 15) is 4.79 Å². The molecule has 256 valence electrons. The fraction of sp³-hybridized carbons (Fsp3) is 0.639. The van der Waals surface area contributed by atoms with Crippen molar-refractivity contribution in [1.29, 1.82) is 0 Å². The van der Waals surface area contributed by atoms with E-state index in [2.05, 4.69) is 60.6 Å². The first kappa shape index (κ1) is 36.9. The van der Waals surface area contributed by atoms with Gasteiger partial charge >= 0.3 is 0 Å². The Morgan fingerprint density at radius 2 is 1.48 bits per heavy atom. The Balaban J connectivity index is 0.00000240. The molecule has 3 aliphatic heterocycles. The number of rotatable bonds is 7. The van der Waals surface area contributed by atoms with Crippen molar-refractivity contribution >= 4 is 48.0 Å². The number of carbonyl (C=O) groups is 1. The van der Waals surface area contributed by atoms with E-state index in [1.54, 1.807) is 0 Å². The van der Waals surface area contributed by atoms with Gasteiger partial charge in [-0.15, -0.1) is 24.8 Å². The molecule has 3 saturated heterocycles. The summed E-state index contributed by atoms with van der Waals surface area (Å²) in [7, 11) is 0. The summed E-state index contributed by atoms with van der Waals surface area (Å²) < 4.78 is 13.0. The molecule has 0 unspecified atom stereocenters. The van der Waals surface area contributed by atoms with Crippen LogP contribution >= 0.6 is 36.4 Å². The molecule has 1 aliphatic carbocycles. The number of halogens is 3. The van der Waals surface area contributed by atoms with Crippen molar-refractivity contribution in [2.45, 2.75) is 83.8 Å². The highest BCUT2D eigenvalue weighted by molar-refractivity contribution is 6.32. The molecule has 4 aliphatic rings. The lowest BCUT2D eigenvalue weighted by atomic mass is 9.68. The molecular weight excluding hydrogens is 643 g/mol. The first-order chi connectivity index (χ1) is 21.2. The average molecular weight is 696 g/mol. The molecule has 10 heteroatoms. The van der Waals surface area contributed by atoms with Crippen LogP contribution in [0.5, 0.6) is 11.5 Å². The Bertz CT molecular complexity index is 1280. The summed E-state index contributed by atoms with van der Waals surface area (Å²) in [6, 6.07) is 12.3. The summed E-state index contributed by atoms with van der Waals surface area (Å²) in [5, 5.41) is 7.46. The molecule has 4 fully saturated rings. The lowest BCUT2D eigenvalue weighted by Crippen LogP contribution is -2.43. The largest absolute Gasteiger partial charge is 0.489 e. The van der Waals surface area contributed by atoms with Gasteiger partial charge in [0.25, 0.3) is 5.91 Å². The number of hydrogen-bond donors (Lipinski definition) is 2. The second-order valence-corrected chi connectivity index (χ2v) is 14.8. The number of amides is 1. The molecule has 2 aromatic rings. The molecule has 3 heterocycles. The molecule has 1 atom stereocenters. The van der Waals surface area contributed by atoms with Gasteiger partial charge in [0.05, 0.1) is 5.02 Å². The van der Waals surface area contributed by atoms with Crippen LogP contribution in [0.25, 0.3) is 0 Å². The van der Waals surface area contributed by atoms with Crippen LogP contribution in [-0.2, 0) is 0 Å². The minimum Gasteiger partial charge on any atom is -0.489 e. The third-order valence-corrected chi connectivity index (χ3v) is 10.7. The van der Waals surface area contributed by atoms with Crippen molar-refractivity contribution in [3.05, 3.63) is 52.5 Å². The van der Waals surface area contributed by atoms with Gasteiger partial charge < -0.3 is 29.9 Å². The molecule has 0 spiro atoms. The molecule has 6 rings (SSSR count). The van der Waals surface area contributed by atoms with Crippen LogP contribution in [0.4, 0.5) is 5.69 Å². The summed E-state index contributed by atoms with van der Waals surface area (Å²) in [6.07, 6.45) is 7.61. The lowest BCUT2D eigenvalue weighted by molar-refractivity contribution is 0.0595. The number of piperidine rings is 1. The average Bonchev–Trinajstić information content (AvgIpc) is 3.56. The predicted molar refractivity (Wildman–Crippen MR) is 193 cm³/mol. The molecular formula is C36H53Cl3N4O3. The van der Waals surface area contributed by atoms with Gasteiger partial charge in [0.2, 0.25) is 0 Å². The quantitative estimate of drug-likeness (QED) is 0.316. The van der Waals surface area contributed by atoms with Gasteiger partial charge in [-0.25, -0.2) is 0 Å². The maximum Gasteiger partial charge on any atom is 0.253 e. The summed E-state index contributed by atoms with van der Waals surface area (Å²) in [5.74, 6) is 3.01. The zero-order valence-electron chi connectivity index (χ0n) is 27.7. The number of nitrogens with zero attached hydrogens (tertiary/aromatic N) is 2. The van der Waals surface area contributed by atoms with E-state index in [4.69, 9.17) is 21.1 Å². The van der Waals surface area contributed by atoms with Gasteiger partial charge in [-0.1, -0.05) is 32.4 Å². The Labute approximate surface area is 293 Å². The summed E-state index contributed by atoms with van der Waals surface area (Å²) in [6.45, 7) is 14.3. The number of hydrogen-bond acceptors (Lipinski definition) is 6. The molecule has 46 heavy (non-hydrogen) atoms. The number of anilines is 1. The van der Waals surface area contributed by atoms with E-state index in [1.807, 2.05) is 17.0 Å². The number of benzene rings is 2. The number of piperazine rings is 1. The number of nitrogens with one attached hydrogen (secondary N) is 2. The van der Waals surface area contributed by atoms with Crippen molar-refractivity contribution < 1.29 is 14.3 Å². The Kier molecular flexibility index (Phi) is 13.2. The second-order valence-electron chi connectivity index (χ2n) is 14.4. The molecule has 2 aromatic carbocycles. The molecule has 0 radical (unpaired) electrons. The van der Waals surface area contributed by atoms with Crippen LogP contribution in [0.1, 0.15) is 87.6 Å². The van der Waals surface area contributed by atoms with E-state index >= 15 is 0 Å². The molecule has 7 nitrogen and oxygen atoms in total. The van der Waals surface area contributed by atoms with Crippen LogP contribution < -0.4 is 25.0 Å². The SMILES string of the molecule is CC(C)(C)C1CCC(c2cc(C(=O)N3CCC(Oc4cc(N5CCNCC5)ccc4Cl)CC3)ccc2O[C@H]2CCNC2)CC1.Cl.Cl.